The van der Waals surface area contributed by atoms with Gasteiger partial charge in [0.25, 0.3) is 15.9 Å². The van der Waals surface area contributed by atoms with E-state index in [1.54, 1.807) is 29.2 Å². The maximum Gasteiger partial charge on any atom is 0.261 e. The van der Waals surface area contributed by atoms with E-state index >= 15 is 0 Å². The summed E-state index contributed by atoms with van der Waals surface area (Å²) in [4.78, 5) is 17.1. The van der Waals surface area contributed by atoms with Gasteiger partial charge in [-0.05, 0) is 85.6 Å². The zero-order valence-electron chi connectivity index (χ0n) is 21.2. The molecule has 0 aliphatic heterocycles. The lowest BCUT2D eigenvalue weighted by Gasteiger charge is -2.31. The van der Waals surface area contributed by atoms with Crippen LogP contribution in [0.1, 0.15) is 36.2 Å². The van der Waals surface area contributed by atoms with Crippen molar-refractivity contribution in [1.29, 1.82) is 0 Å². The highest BCUT2D eigenvalue weighted by Gasteiger charge is 2.23. The third-order valence-electron chi connectivity index (χ3n) is 6.00. The van der Waals surface area contributed by atoms with Crippen LogP contribution >= 0.6 is 0 Å². The first kappa shape index (κ1) is 27.0. The van der Waals surface area contributed by atoms with Crippen molar-refractivity contribution in [3.8, 4) is 5.75 Å². The molecule has 7 nitrogen and oxygen atoms in total. The highest BCUT2D eigenvalue weighted by Crippen LogP contribution is 2.28. The summed E-state index contributed by atoms with van der Waals surface area (Å²) < 4.78 is 47.1. The lowest BCUT2D eigenvalue weighted by atomic mass is 10.1. The van der Waals surface area contributed by atoms with Gasteiger partial charge in [-0.1, -0.05) is 6.92 Å². The van der Waals surface area contributed by atoms with E-state index in [-0.39, 0.29) is 23.4 Å². The average molecular weight is 514 g/mol. The van der Waals surface area contributed by atoms with Crippen molar-refractivity contribution in [3.05, 3.63) is 83.7 Å². The first-order chi connectivity index (χ1) is 17.1. The summed E-state index contributed by atoms with van der Waals surface area (Å²) >= 11 is 0. The van der Waals surface area contributed by atoms with Crippen LogP contribution in [-0.4, -0.2) is 46.5 Å². The van der Waals surface area contributed by atoms with Crippen LogP contribution < -0.4 is 14.4 Å². The fourth-order valence-corrected chi connectivity index (χ4v) is 4.82. The summed E-state index contributed by atoms with van der Waals surface area (Å²) in [7, 11) is 1.45. The second kappa shape index (κ2) is 11.4. The molecule has 0 spiro atoms. The SMILES string of the molecule is CCC(C)N(Cc1cc(NS(=O)(=O)c2ccc(OC)cc2)ccc1N(C)C)C(=O)c1ccc(F)cc1. The predicted molar refractivity (Wildman–Crippen MR) is 141 cm³/mol. The lowest BCUT2D eigenvalue weighted by molar-refractivity contribution is 0.0672. The van der Waals surface area contributed by atoms with E-state index in [1.165, 1.54) is 43.5 Å². The van der Waals surface area contributed by atoms with Crippen molar-refractivity contribution in [2.24, 2.45) is 0 Å². The largest absolute Gasteiger partial charge is 0.497 e. The first-order valence-corrected chi connectivity index (χ1v) is 13.1. The third-order valence-corrected chi connectivity index (χ3v) is 7.40. The van der Waals surface area contributed by atoms with Gasteiger partial charge < -0.3 is 14.5 Å². The van der Waals surface area contributed by atoms with Crippen molar-refractivity contribution in [2.45, 2.75) is 37.8 Å². The molecule has 0 bridgehead atoms. The molecule has 0 aliphatic carbocycles. The van der Waals surface area contributed by atoms with Crippen LogP contribution in [0.2, 0.25) is 0 Å². The molecule has 0 heterocycles. The number of sulfonamides is 1. The monoisotopic (exact) mass is 513 g/mol. The quantitative estimate of drug-likeness (QED) is 0.406. The number of anilines is 2. The third kappa shape index (κ3) is 6.34. The maximum absolute atomic E-state index is 13.4. The number of rotatable bonds is 10. The van der Waals surface area contributed by atoms with Gasteiger partial charge >= 0.3 is 0 Å². The second-order valence-electron chi connectivity index (χ2n) is 8.72. The molecule has 3 aromatic rings. The molecule has 0 saturated carbocycles. The highest BCUT2D eigenvalue weighted by atomic mass is 32.2. The van der Waals surface area contributed by atoms with E-state index in [1.807, 2.05) is 38.9 Å². The normalized spacial score (nSPS) is 12.1. The van der Waals surface area contributed by atoms with E-state index in [9.17, 15) is 17.6 Å². The number of benzene rings is 3. The molecule has 9 heteroatoms. The van der Waals surface area contributed by atoms with Crippen molar-refractivity contribution in [2.75, 3.05) is 30.8 Å². The Morgan fingerprint density at radius 2 is 1.67 bits per heavy atom. The number of carbonyl (C=O) groups excluding carboxylic acids is 1. The molecule has 0 radical (unpaired) electrons. The number of carbonyl (C=O) groups is 1. The van der Waals surface area contributed by atoms with Crippen molar-refractivity contribution in [3.63, 3.8) is 0 Å². The molecule has 0 aromatic heterocycles. The Hall–Kier alpha value is -3.59. The van der Waals surface area contributed by atoms with Gasteiger partial charge in [0, 0.05) is 43.6 Å². The van der Waals surface area contributed by atoms with E-state index < -0.39 is 15.8 Å². The van der Waals surface area contributed by atoms with Crippen LogP contribution in [0.4, 0.5) is 15.8 Å². The van der Waals surface area contributed by atoms with Gasteiger partial charge in [0.05, 0.1) is 12.0 Å². The van der Waals surface area contributed by atoms with Crippen LogP contribution in [0, 0.1) is 5.82 Å². The summed E-state index contributed by atoms with van der Waals surface area (Å²) in [6, 6.07) is 16.7. The zero-order chi connectivity index (χ0) is 26.5. The molecule has 0 fully saturated rings. The minimum absolute atomic E-state index is 0.0998. The van der Waals surface area contributed by atoms with E-state index in [0.29, 0.717) is 23.4 Å². The molecule has 0 saturated heterocycles. The van der Waals surface area contributed by atoms with Crippen LogP contribution in [-0.2, 0) is 16.6 Å². The van der Waals surface area contributed by atoms with Gasteiger partial charge in [0.15, 0.2) is 0 Å². The fraction of sp³-hybridized carbons (Fsp3) is 0.296. The maximum atomic E-state index is 13.4. The summed E-state index contributed by atoms with van der Waals surface area (Å²) in [5, 5.41) is 0. The van der Waals surface area contributed by atoms with E-state index in [4.69, 9.17) is 4.74 Å². The number of hydrogen-bond donors (Lipinski definition) is 1. The molecule has 1 N–H and O–H groups in total. The Labute approximate surface area is 212 Å². The summed E-state index contributed by atoms with van der Waals surface area (Å²) in [6.45, 7) is 4.19. The van der Waals surface area contributed by atoms with Gasteiger partial charge in [-0.25, -0.2) is 12.8 Å². The molecular formula is C27H32FN3O4S. The second-order valence-corrected chi connectivity index (χ2v) is 10.4. The topological polar surface area (TPSA) is 79.0 Å². The van der Waals surface area contributed by atoms with Crippen molar-refractivity contribution in [1.82, 2.24) is 4.90 Å². The van der Waals surface area contributed by atoms with Gasteiger partial charge in [-0.2, -0.15) is 0 Å². The molecule has 0 aliphatic rings. The molecule has 1 unspecified atom stereocenters. The lowest BCUT2D eigenvalue weighted by Crippen LogP contribution is -2.38. The Kier molecular flexibility index (Phi) is 8.57. The van der Waals surface area contributed by atoms with Crippen LogP contribution in [0.5, 0.6) is 5.75 Å². The highest BCUT2D eigenvalue weighted by molar-refractivity contribution is 7.92. The Morgan fingerprint density at radius 1 is 1.03 bits per heavy atom. The zero-order valence-corrected chi connectivity index (χ0v) is 22.0. The summed E-state index contributed by atoms with van der Waals surface area (Å²) in [6.07, 6.45) is 0.716. The van der Waals surface area contributed by atoms with Crippen LogP contribution in [0.3, 0.4) is 0 Å². The summed E-state index contributed by atoms with van der Waals surface area (Å²) in [5.41, 5.74) is 2.39. The number of amides is 1. The molecule has 3 aromatic carbocycles. The van der Waals surface area contributed by atoms with Crippen LogP contribution in [0.15, 0.2) is 71.6 Å². The smallest absolute Gasteiger partial charge is 0.261 e. The molecule has 36 heavy (non-hydrogen) atoms. The number of hydrogen-bond acceptors (Lipinski definition) is 5. The van der Waals surface area contributed by atoms with E-state index in [0.717, 1.165) is 11.3 Å². The minimum Gasteiger partial charge on any atom is -0.497 e. The Balaban J connectivity index is 1.95. The number of methoxy groups -OCH3 is 1. The molecule has 3 rings (SSSR count). The average Bonchev–Trinajstić information content (AvgIpc) is 2.86. The number of nitrogens with one attached hydrogen (secondary N) is 1. The standard InChI is InChI=1S/C27H32FN3O4S/c1-6-19(2)31(27(32)20-7-9-22(28)10-8-20)18-21-17-23(11-16-26(21)30(3)4)29-36(33,34)25-14-12-24(35-5)13-15-25/h7-17,19,29H,6,18H2,1-5H3. The first-order valence-electron chi connectivity index (χ1n) is 11.6. The van der Waals surface area contributed by atoms with Gasteiger partial charge in [-0.3, -0.25) is 9.52 Å². The molecule has 1 amide bonds. The number of nitrogens with zero attached hydrogens (tertiary/aromatic N) is 2. The van der Waals surface area contributed by atoms with Gasteiger partial charge in [0.1, 0.15) is 11.6 Å². The number of ether oxygens (including phenoxy) is 1. The van der Waals surface area contributed by atoms with Crippen LogP contribution in [0.25, 0.3) is 0 Å². The number of halogens is 1. The summed E-state index contributed by atoms with van der Waals surface area (Å²) in [5.74, 6) is -0.0748. The molecular weight excluding hydrogens is 481 g/mol. The molecule has 192 valence electrons. The molecule has 1 atom stereocenters. The minimum atomic E-state index is -3.84. The van der Waals surface area contributed by atoms with Gasteiger partial charge in [-0.15, -0.1) is 0 Å². The fourth-order valence-electron chi connectivity index (χ4n) is 3.77. The van der Waals surface area contributed by atoms with Crippen molar-refractivity contribution >= 4 is 27.3 Å². The van der Waals surface area contributed by atoms with Gasteiger partial charge in [0.2, 0.25) is 0 Å². The van der Waals surface area contributed by atoms with Crippen molar-refractivity contribution < 1.29 is 22.3 Å². The Bertz CT molecular complexity index is 1290. The predicted octanol–water partition coefficient (Wildman–Crippen LogP) is 5.14. The van der Waals surface area contributed by atoms with E-state index in [2.05, 4.69) is 4.72 Å². The Morgan fingerprint density at radius 3 is 2.22 bits per heavy atom.